The van der Waals surface area contributed by atoms with Gasteiger partial charge in [0, 0.05) is 12.5 Å². The normalized spacial score (nSPS) is 27.4. The fraction of sp³-hybridized carbons (Fsp3) is 0.786. The predicted molar refractivity (Wildman–Crippen MR) is 64.1 cm³/mol. The zero-order chi connectivity index (χ0) is 11.4. The highest BCUT2D eigenvalue weighted by Crippen LogP contribution is 2.29. The summed E-state index contributed by atoms with van der Waals surface area (Å²) < 4.78 is 5.33. The molecule has 0 amide bonds. The second-order valence-corrected chi connectivity index (χ2v) is 5.34. The lowest BCUT2D eigenvalue weighted by atomic mass is 9.85. The quantitative estimate of drug-likeness (QED) is 0.682. The molecular formula is C14H22O2. The molecule has 0 aromatic carbocycles. The van der Waals surface area contributed by atoms with Crippen LogP contribution in [0.1, 0.15) is 58.3 Å². The molecule has 0 radical (unpaired) electrons. The van der Waals surface area contributed by atoms with Crippen LogP contribution in [0.3, 0.4) is 0 Å². The van der Waals surface area contributed by atoms with E-state index in [2.05, 4.69) is 0 Å². The van der Waals surface area contributed by atoms with Crippen molar-refractivity contribution < 1.29 is 9.53 Å². The van der Waals surface area contributed by atoms with E-state index in [1.807, 2.05) is 6.92 Å². The molecule has 2 rings (SSSR count). The Bertz CT molecular complexity index is 274. The third kappa shape index (κ3) is 3.36. The van der Waals surface area contributed by atoms with Crippen LogP contribution in [-0.4, -0.2) is 12.1 Å². The summed E-state index contributed by atoms with van der Waals surface area (Å²) in [5, 5.41) is 0. The van der Waals surface area contributed by atoms with Crippen LogP contribution in [0, 0.1) is 5.92 Å². The van der Waals surface area contributed by atoms with Crippen molar-refractivity contribution in [2.75, 3.05) is 0 Å². The first-order valence-electron chi connectivity index (χ1n) is 6.62. The van der Waals surface area contributed by atoms with Gasteiger partial charge < -0.3 is 4.74 Å². The Kier molecular flexibility index (Phi) is 4.03. The average Bonchev–Trinajstić information content (AvgIpc) is 2.27. The lowest BCUT2D eigenvalue weighted by Crippen LogP contribution is -2.23. The van der Waals surface area contributed by atoms with Gasteiger partial charge in [0.25, 0.3) is 0 Å². The van der Waals surface area contributed by atoms with E-state index in [1.54, 1.807) is 6.08 Å². The second-order valence-electron chi connectivity index (χ2n) is 5.34. The molecule has 90 valence electrons. The van der Waals surface area contributed by atoms with Gasteiger partial charge in [-0.3, -0.25) is 0 Å². The standard InChI is InChI=1S/C14H22O2/c1-11-9-13(16-14(15)10-11)8-7-12-5-3-2-4-6-12/h10,12-13H,2-9H2,1H3. The van der Waals surface area contributed by atoms with Gasteiger partial charge in [-0.15, -0.1) is 0 Å². The highest BCUT2D eigenvalue weighted by Gasteiger charge is 2.21. The van der Waals surface area contributed by atoms with Crippen molar-refractivity contribution in [2.45, 2.75) is 64.4 Å². The maximum Gasteiger partial charge on any atom is 0.330 e. The number of ether oxygens (including phenoxy) is 1. The van der Waals surface area contributed by atoms with Crippen LogP contribution in [0.15, 0.2) is 11.6 Å². The minimum Gasteiger partial charge on any atom is -0.459 e. The number of cyclic esters (lactones) is 1. The molecule has 0 N–H and O–H groups in total. The maximum absolute atomic E-state index is 11.2. The van der Waals surface area contributed by atoms with E-state index in [1.165, 1.54) is 44.1 Å². The SMILES string of the molecule is CC1=CC(=O)OC(CCC2CCCCC2)C1. The molecule has 0 saturated heterocycles. The molecule has 2 heteroatoms. The Morgan fingerprint density at radius 1 is 1.25 bits per heavy atom. The summed E-state index contributed by atoms with van der Waals surface area (Å²) in [6, 6.07) is 0. The lowest BCUT2D eigenvalue weighted by Gasteiger charge is -2.26. The first kappa shape index (κ1) is 11.7. The summed E-state index contributed by atoms with van der Waals surface area (Å²) >= 11 is 0. The van der Waals surface area contributed by atoms with E-state index in [0.717, 1.165) is 18.8 Å². The van der Waals surface area contributed by atoms with Gasteiger partial charge >= 0.3 is 5.97 Å². The summed E-state index contributed by atoms with van der Waals surface area (Å²) in [7, 11) is 0. The van der Waals surface area contributed by atoms with E-state index < -0.39 is 0 Å². The fourth-order valence-electron chi connectivity index (χ4n) is 2.92. The Morgan fingerprint density at radius 2 is 2.00 bits per heavy atom. The van der Waals surface area contributed by atoms with Crippen molar-refractivity contribution in [2.24, 2.45) is 5.92 Å². The van der Waals surface area contributed by atoms with Crippen LogP contribution in [0.25, 0.3) is 0 Å². The number of rotatable bonds is 3. The summed E-state index contributed by atoms with van der Waals surface area (Å²) in [6.07, 6.45) is 12.0. The molecule has 1 heterocycles. The summed E-state index contributed by atoms with van der Waals surface area (Å²) in [6.45, 7) is 2.02. The summed E-state index contributed by atoms with van der Waals surface area (Å²) in [5.41, 5.74) is 1.17. The van der Waals surface area contributed by atoms with Gasteiger partial charge in [0.2, 0.25) is 0 Å². The van der Waals surface area contributed by atoms with Crippen LogP contribution in [0.5, 0.6) is 0 Å². The first-order chi connectivity index (χ1) is 7.74. The molecule has 0 bridgehead atoms. The molecule has 1 fully saturated rings. The molecule has 16 heavy (non-hydrogen) atoms. The first-order valence-corrected chi connectivity index (χ1v) is 6.62. The van der Waals surface area contributed by atoms with E-state index in [0.29, 0.717) is 0 Å². The van der Waals surface area contributed by atoms with Gasteiger partial charge in [0.05, 0.1) is 0 Å². The van der Waals surface area contributed by atoms with Gasteiger partial charge in [-0.1, -0.05) is 37.7 Å². The molecule has 0 aromatic heterocycles. The summed E-state index contributed by atoms with van der Waals surface area (Å²) in [4.78, 5) is 11.2. The van der Waals surface area contributed by atoms with E-state index in [9.17, 15) is 4.79 Å². The van der Waals surface area contributed by atoms with Gasteiger partial charge in [-0.05, 0) is 25.7 Å². The number of carbonyl (C=O) groups excluding carboxylic acids is 1. The van der Waals surface area contributed by atoms with Crippen LogP contribution in [0.2, 0.25) is 0 Å². The van der Waals surface area contributed by atoms with Crippen molar-refractivity contribution >= 4 is 5.97 Å². The number of hydrogen-bond donors (Lipinski definition) is 0. The molecular weight excluding hydrogens is 200 g/mol. The van der Waals surface area contributed by atoms with E-state index in [4.69, 9.17) is 4.74 Å². The van der Waals surface area contributed by atoms with Gasteiger partial charge in [-0.25, -0.2) is 4.79 Å². The Labute approximate surface area is 98.1 Å². The number of hydrogen-bond acceptors (Lipinski definition) is 2. The number of carbonyl (C=O) groups is 1. The molecule has 0 aromatic rings. The van der Waals surface area contributed by atoms with Crippen molar-refractivity contribution in [3.05, 3.63) is 11.6 Å². The third-order valence-corrected chi connectivity index (χ3v) is 3.82. The second kappa shape index (κ2) is 5.51. The van der Waals surface area contributed by atoms with Crippen LogP contribution >= 0.6 is 0 Å². The van der Waals surface area contributed by atoms with Gasteiger partial charge in [-0.2, -0.15) is 0 Å². The van der Waals surface area contributed by atoms with Crippen LogP contribution in [0.4, 0.5) is 0 Å². The number of esters is 1. The predicted octanol–water partition coefficient (Wildman–Crippen LogP) is 3.61. The average molecular weight is 222 g/mol. The molecule has 1 atom stereocenters. The molecule has 2 nitrogen and oxygen atoms in total. The Hall–Kier alpha value is -0.790. The molecule has 1 aliphatic heterocycles. The van der Waals surface area contributed by atoms with Crippen molar-refractivity contribution in [1.82, 2.24) is 0 Å². The smallest absolute Gasteiger partial charge is 0.330 e. The Balaban J connectivity index is 1.73. The zero-order valence-electron chi connectivity index (χ0n) is 10.2. The Morgan fingerprint density at radius 3 is 2.69 bits per heavy atom. The summed E-state index contributed by atoms with van der Waals surface area (Å²) in [5.74, 6) is 0.746. The lowest BCUT2D eigenvalue weighted by molar-refractivity contribution is -0.144. The maximum atomic E-state index is 11.2. The highest BCUT2D eigenvalue weighted by atomic mass is 16.5. The topological polar surface area (TPSA) is 26.3 Å². The minimum absolute atomic E-state index is 0.141. The van der Waals surface area contributed by atoms with E-state index in [-0.39, 0.29) is 12.1 Å². The molecule has 1 unspecified atom stereocenters. The zero-order valence-corrected chi connectivity index (χ0v) is 10.2. The van der Waals surface area contributed by atoms with Gasteiger partial charge in [0.15, 0.2) is 0 Å². The largest absolute Gasteiger partial charge is 0.459 e. The van der Waals surface area contributed by atoms with Gasteiger partial charge in [0.1, 0.15) is 6.10 Å². The monoisotopic (exact) mass is 222 g/mol. The molecule has 0 spiro atoms. The fourth-order valence-corrected chi connectivity index (χ4v) is 2.92. The van der Waals surface area contributed by atoms with Crippen molar-refractivity contribution in [1.29, 1.82) is 0 Å². The molecule has 1 aliphatic carbocycles. The van der Waals surface area contributed by atoms with Crippen molar-refractivity contribution in [3.8, 4) is 0 Å². The minimum atomic E-state index is -0.141. The molecule has 2 aliphatic rings. The van der Waals surface area contributed by atoms with Crippen LogP contribution < -0.4 is 0 Å². The van der Waals surface area contributed by atoms with E-state index >= 15 is 0 Å². The van der Waals surface area contributed by atoms with Crippen LogP contribution in [-0.2, 0) is 9.53 Å². The highest BCUT2D eigenvalue weighted by molar-refractivity contribution is 5.83. The molecule has 1 saturated carbocycles. The third-order valence-electron chi connectivity index (χ3n) is 3.82. The van der Waals surface area contributed by atoms with Crippen molar-refractivity contribution in [3.63, 3.8) is 0 Å².